The number of rotatable bonds is 4. The second kappa shape index (κ2) is 6.72. The van der Waals surface area contributed by atoms with Crippen molar-refractivity contribution < 1.29 is 14.6 Å². The van der Waals surface area contributed by atoms with Gasteiger partial charge in [-0.15, -0.1) is 5.11 Å². The molecule has 0 aromatic heterocycles. The summed E-state index contributed by atoms with van der Waals surface area (Å²) in [6.07, 6.45) is -0.535. The predicted molar refractivity (Wildman–Crippen MR) is 85.2 cm³/mol. The van der Waals surface area contributed by atoms with E-state index < -0.39 is 12.1 Å². The van der Waals surface area contributed by atoms with Gasteiger partial charge >= 0.3 is 5.97 Å². The lowest BCUT2D eigenvalue weighted by atomic mass is 10.1. The van der Waals surface area contributed by atoms with Crippen LogP contribution in [0.1, 0.15) is 6.92 Å². The molecule has 23 heavy (non-hydrogen) atoms. The molecule has 2 aromatic carbocycles. The van der Waals surface area contributed by atoms with Gasteiger partial charge in [0.2, 0.25) is 0 Å². The fourth-order valence-corrected chi connectivity index (χ4v) is 2.53. The smallest absolute Gasteiger partial charge is 0.313 e. The van der Waals surface area contributed by atoms with Gasteiger partial charge in [0.1, 0.15) is 23.5 Å². The fourth-order valence-electron chi connectivity index (χ4n) is 2.53. The Morgan fingerprint density at radius 3 is 3.00 bits per heavy atom. The molecule has 0 saturated carbocycles. The summed E-state index contributed by atoms with van der Waals surface area (Å²) in [4.78, 5) is 11.9. The summed E-state index contributed by atoms with van der Waals surface area (Å²) >= 11 is 0. The van der Waals surface area contributed by atoms with Gasteiger partial charge in [-0.25, -0.2) is 5.43 Å². The topological polar surface area (TPSA) is 95.3 Å². The van der Waals surface area contributed by atoms with Gasteiger partial charge in [0, 0.05) is 11.9 Å². The van der Waals surface area contributed by atoms with E-state index in [0.29, 0.717) is 18.8 Å². The number of carbonyl (C=O) groups is 1. The van der Waals surface area contributed by atoms with E-state index in [0.717, 1.165) is 10.8 Å². The Hall–Kier alpha value is -2.51. The minimum atomic E-state index is -0.535. The number of hydrogen-bond acceptors (Lipinski definition) is 7. The van der Waals surface area contributed by atoms with Crippen LogP contribution in [0.3, 0.4) is 0 Å². The maximum Gasteiger partial charge on any atom is 0.313 e. The molecule has 3 rings (SSSR count). The van der Waals surface area contributed by atoms with Crippen molar-refractivity contribution in [2.75, 3.05) is 13.2 Å². The summed E-state index contributed by atoms with van der Waals surface area (Å²) in [6.45, 7) is 2.51. The van der Waals surface area contributed by atoms with Crippen LogP contribution in [0.5, 0.6) is 5.75 Å². The van der Waals surface area contributed by atoms with E-state index in [2.05, 4.69) is 21.1 Å². The zero-order chi connectivity index (χ0) is 16.2. The molecule has 1 fully saturated rings. The summed E-state index contributed by atoms with van der Waals surface area (Å²) in [5.41, 5.74) is 6.16. The molecule has 7 nitrogen and oxygen atoms in total. The van der Waals surface area contributed by atoms with E-state index in [-0.39, 0.29) is 11.7 Å². The Morgan fingerprint density at radius 2 is 2.17 bits per heavy atom. The quantitative estimate of drug-likeness (QED) is 0.594. The van der Waals surface area contributed by atoms with Crippen molar-refractivity contribution in [3.8, 4) is 5.75 Å². The second-order valence-electron chi connectivity index (χ2n) is 5.20. The van der Waals surface area contributed by atoms with Crippen LogP contribution < -0.4 is 10.9 Å². The highest BCUT2D eigenvalue weighted by Crippen LogP contribution is 2.35. The molecule has 7 heteroatoms. The summed E-state index contributed by atoms with van der Waals surface area (Å²) in [5, 5.41) is 20.2. The van der Waals surface area contributed by atoms with Crippen LogP contribution >= 0.6 is 0 Å². The molecule has 120 valence electrons. The Kier molecular flexibility index (Phi) is 4.50. The molecule has 1 aliphatic rings. The molecule has 0 aliphatic carbocycles. The van der Waals surface area contributed by atoms with Crippen molar-refractivity contribution in [3.05, 3.63) is 36.4 Å². The number of fused-ring (bicyclic) bond motifs is 1. The number of esters is 1. The van der Waals surface area contributed by atoms with Crippen LogP contribution in [0, 0.1) is 5.92 Å². The summed E-state index contributed by atoms with van der Waals surface area (Å²) < 4.78 is 5.03. The fraction of sp³-hybridized carbons (Fsp3) is 0.312. The number of nitrogens with zero attached hydrogens (tertiary/aromatic N) is 2. The van der Waals surface area contributed by atoms with Gasteiger partial charge in [0.15, 0.2) is 0 Å². The molecular formula is C16H18N4O3. The molecule has 2 unspecified atom stereocenters. The molecule has 1 saturated heterocycles. The van der Waals surface area contributed by atoms with Crippen molar-refractivity contribution in [3.63, 3.8) is 0 Å². The van der Waals surface area contributed by atoms with Gasteiger partial charge < -0.3 is 9.84 Å². The molecule has 0 spiro atoms. The maximum atomic E-state index is 11.9. The van der Waals surface area contributed by atoms with Crippen molar-refractivity contribution in [2.45, 2.75) is 13.1 Å². The third kappa shape index (κ3) is 3.15. The average Bonchev–Trinajstić information content (AvgIpc) is 3.03. The molecule has 3 N–H and O–H groups in total. The van der Waals surface area contributed by atoms with Gasteiger partial charge in [0.25, 0.3) is 0 Å². The number of hydrazine groups is 1. The van der Waals surface area contributed by atoms with Crippen LogP contribution in [0.2, 0.25) is 0 Å². The Labute approximate surface area is 133 Å². The zero-order valence-corrected chi connectivity index (χ0v) is 12.7. The maximum absolute atomic E-state index is 11.9. The van der Waals surface area contributed by atoms with Crippen LogP contribution in [0.4, 0.5) is 5.69 Å². The lowest BCUT2D eigenvalue weighted by molar-refractivity contribution is -0.147. The van der Waals surface area contributed by atoms with E-state index in [1.54, 1.807) is 13.0 Å². The summed E-state index contributed by atoms with van der Waals surface area (Å²) in [6, 6.07) is 11.0. The van der Waals surface area contributed by atoms with E-state index >= 15 is 0 Å². The normalized spacial score (nSPS) is 21.1. The Bertz CT molecular complexity index is 747. The average molecular weight is 314 g/mol. The highest BCUT2D eigenvalue weighted by Gasteiger charge is 2.34. The predicted octanol–water partition coefficient (Wildman–Crippen LogP) is 2.24. The van der Waals surface area contributed by atoms with Crippen LogP contribution in [0.15, 0.2) is 46.6 Å². The molecule has 0 radical (unpaired) electrons. The SMILES string of the molecule is CCOC(=O)C1CNNC1N=Nc1c(O)ccc2ccccc12. The van der Waals surface area contributed by atoms with E-state index in [9.17, 15) is 9.90 Å². The second-order valence-corrected chi connectivity index (χ2v) is 5.20. The van der Waals surface area contributed by atoms with Crippen molar-refractivity contribution in [1.82, 2.24) is 10.9 Å². The first kappa shape index (κ1) is 15.4. The lowest BCUT2D eigenvalue weighted by Gasteiger charge is -2.12. The largest absolute Gasteiger partial charge is 0.506 e. The number of phenolic OH excluding ortho intramolecular Hbond substituents is 1. The van der Waals surface area contributed by atoms with Gasteiger partial charge in [-0.1, -0.05) is 30.3 Å². The zero-order valence-electron chi connectivity index (χ0n) is 12.7. The van der Waals surface area contributed by atoms with Gasteiger partial charge in [0.05, 0.1) is 6.61 Å². The molecular weight excluding hydrogens is 296 g/mol. The van der Waals surface area contributed by atoms with E-state index in [1.165, 1.54) is 0 Å². The molecule has 0 amide bonds. The summed E-state index contributed by atoms with van der Waals surface area (Å²) in [7, 11) is 0. The Balaban J connectivity index is 1.88. The molecule has 2 aromatic rings. The third-order valence-corrected chi connectivity index (χ3v) is 3.70. The van der Waals surface area contributed by atoms with Crippen molar-refractivity contribution in [1.29, 1.82) is 0 Å². The first-order valence-electron chi connectivity index (χ1n) is 7.47. The minimum absolute atomic E-state index is 0.0473. The number of carbonyl (C=O) groups excluding carboxylic acids is 1. The van der Waals surface area contributed by atoms with E-state index in [4.69, 9.17) is 4.74 Å². The van der Waals surface area contributed by atoms with Crippen molar-refractivity contribution >= 4 is 22.4 Å². The van der Waals surface area contributed by atoms with Gasteiger partial charge in [-0.05, 0) is 18.4 Å². The number of aromatic hydroxyl groups is 1. The highest BCUT2D eigenvalue weighted by atomic mass is 16.5. The lowest BCUT2D eigenvalue weighted by Crippen LogP contribution is -2.32. The third-order valence-electron chi connectivity index (χ3n) is 3.70. The van der Waals surface area contributed by atoms with Gasteiger partial charge in [-0.3, -0.25) is 10.2 Å². The number of phenols is 1. The monoisotopic (exact) mass is 314 g/mol. The number of azo groups is 1. The standard InChI is InChI=1S/C16H18N4O3/c1-2-23-16(22)12-9-17-19-15(12)20-18-14-11-6-4-3-5-10(11)7-8-13(14)21/h3-8,12,15,17,19,21H,2,9H2,1H3. The molecule has 1 heterocycles. The number of nitrogens with one attached hydrogen (secondary N) is 2. The molecule has 1 aliphatic heterocycles. The molecule has 0 bridgehead atoms. The number of hydrogen-bond donors (Lipinski definition) is 3. The van der Waals surface area contributed by atoms with Crippen LogP contribution in [-0.4, -0.2) is 30.4 Å². The van der Waals surface area contributed by atoms with E-state index in [1.807, 2.05) is 30.3 Å². The van der Waals surface area contributed by atoms with Gasteiger partial charge in [-0.2, -0.15) is 5.11 Å². The number of ether oxygens (including phenoxy) is 1. The molecule has 2 atom stereocenters. The minimum Gasteiger partial charge on any atom is -0.506 e. The van der Waals surface area contributed by atoms with Crippen molar-refractivity contribution in [2.24, 2.45) is 16.1 Å². The van der Waals surface area contributed by atoms with Crippen LogP contribution in [0.25, 0.3) is 10.8 Å². The van der Waals surface area contributed by atoms with Crippen LogP contribution in [-0.2, 0) is 9.53 Å². The first-order chi connectivity index (χ1) is 11.2. The Morgan fingerprint density at radius 1 is 1.35 bits per heavy atom. The number of benzene rings is 2. The first-order valence-corrected chi connectivity index (χ1v) is 7.47. The summed E-state index contributed by atoms with van der Waals surface area (Å²) in [5.74, 6) is -0.724. The highest BCUT2D eigenvalue weighted by molar-refractivity contribution is 5.95.